The van der Waals surface area contributed by atoms with Crippen LogP contribution in [0.2, 0.25) is 0 Å². The lowest BCUT2D eigenvalue weighted by atomic mass is 9.99. The molecule has 0 bridgehead atoms. The Bertz CT molecular complexity index is 961. The van der Waals surface area contributed by atoms with Gasteiger partial charge in [0.2, 0.25) is 5.91 Å². The van der Waals surface area contributed by atoms with Crippen LogP contribution in [0.25, 0.3) is 0 Å². The predicted molar refractivity (Wildman–Crippen MR) is 240 cm³/mol. The fourth-order valence-electron chi connectivity index (χ4n) is 7.82. The molecule has 1 rings (SSSR count). The molecule has 6 N–H and O–H groups in total. The number of ether oxygens (including phenoxy) is 2. The van der Waals surface area contributed by atoms with Crippen molar-refractivity contribution in [3.63, 3.8) is 0 Å². The fourth-order valence-corrected chi connectivity index (χ4v) is 7.82. The molecule has 7 unspecified atom stereocenters. The van der Waals surface area contributed by atoms with Gasteiger partial charge in [-0.25, -0.2) is 0 Å². The molecule has 0 aliphatic carbocycles. The Labute approximate surface area is 356 Å². The van der Waals surface area contributed by atoms with Crippen molar-refractivity contribution < 1.29 is 39.8 Å². The third-order valence-corrected chi connectivity index (χ3v) is 11.8. The van der Waals surface area contributed by atoms with Crippen LogP contribution in [0.5, 0.6) is 0 Å². The average Bonchev–Trinajstić information content (AvgIpc) is 3.22. The number of hydrogen-bond acceptors (Lipinski definition) is 8. The van der Waals surface area contributed by atoms with Crippen LogP contribution in [0.15, 0.2) is 24.3 Å². The third kappa shape index (κ3) is 29.8. The summed E-state index contributed by atoms with van der Waals surface area (Å²) in [5, 5.41) is 54.2. The summed E-state index contributed by atoms with van der Waals surface area (Å²) >= 11 is 0. The molecule has 9 heteroatoms. The number of unbranched alkanes of at least 4 members (excludes halogenated alkanes) is 29. The van der Waals surface area contributed by atoms with E-state index in [0.717, 1.165) is 38.5 Å². The van der Waals surface area contributed by atoms with Crippen molar-refractivity contribution in [1.82, 2.24) is 5.32 Å². The van der Waals surface area contributed by atoms with Gasteiger partial charge < -0.3 is 40.3 Å². The molecule has 0 aromatic heterocycles. The lowest BCUT2D eigenvalue weighted by Crippen LogP contribution is -2.60. The summed E-state index contributed by atoms with van der Waals surface area (Å²) < 4.78 is 11.2. The van der Waals surface area contributed by atoms with Crippen LogP contribution in [-0.2, 0) is 14.3 Å². The molecule has 0 radical (unpaired) electrons. The van der Waals surface area contributed by atoms with E-state index in [4.69, 9.17) is 9.47 Å². The van der Waals surface area contributed by atoms with Crippen LogP contribution < -0.4 is 5.32 Å². The smallest absolute Gasteiger partial charge is 0.220 e. The number of amides is 1. The van der Waals surface area contributed by atoms with Crippen molar-refractivity contribution >= 4 is 5.91 Å². The molecule has 1 aliphatic rings. The zero-order valence-electron chi connectivity index (χ0n) is 37.6. The second-order valence-electron chi connectivity index (χ2n) is 17.3. The topological polar surface area (TPSA) is 149 Å². The number of carbonyl (C=O) groups is 1. The molecule has 342 valence electrons. The highest BCUT2D eigenvalue weighted by atomic mass is 16.7. The summed E-state index contributed by atoms with van der Waals surface area (Å²) in [5.41, 5.74) is 0. The van der Waals surface area contributed by atoms with E-state index in [-0.39, 0.29) is 12.5 Å². The number of allylic oxidation sites excluding steroid dienone is 3. The van der Waals surface area contributed by atoms with Gasteiger partial charge in [0, 0.05) is 6.42 Å². The second-order valence-corrected chi connectivity index (χ2v) is 17.3. The Kier molecular flexibility index (Phi) is 37.5. The second kappa shape index (κ2) is 39.8. The first-order valence-electron chi connectivity index (χ1n) is 24.6. The van der Waals surface area contributed by atoms with Crippen molar-refractivity contribution in [2.24, 2.45) is 0 Å². The van der Waals surface area contributed by atoms with Crippen molar-refractivity contribution in [3.05, 3.63) is 24.3 Å². The van der Waals surface area contributed by atoms with Crippen LogP contribution in [0, 0.1) is 0 Å². The Balaban J connectivity index is 2.30. The molecule has 1 amide bonds. The van der Waals surface area contributed by atoms with Crippen LogP contribution in [0.3, 0.4) is 0 Å². The Morgan fingerprint density at radius 3 is 1.45 bits per heavy atom. The summed E-state index contributed by atoms with van der Waals surface area (Å²) in [7, 11) is 0. The normalized spacial score (nSPS) is 21.0. The summed E-state index contributed by atoms with van der Waals surface area (Å²) in [6.07, 6.45) is 40.9. The largest absolute Gasteiger partial charge is 0.394 e. The molecule has 1 heterocycles. The molecule has 0 saturated carbocycles. The highest BCUT2D eigenvalue weighted by Crippen LogP contribution is 2.23. The first-order chi connectivity index (χ1) is 28.3. The number of rotatable bonds is 41. The van der Waals surface area contributed by atoms with Gasteiger partial charge in [0.05, 0.1) is 25.4 Å². The molecule has 0 spiro atoms. The van der Waals surface area contributed by atoms with Crippen molar-refractivity contribution in [1.29, 1.82) is 0 Å². The average molecular weight is 824 g/mol. The van der Waals surface area contributed by atoms with Crippen molar-refractivity contribution in [2.45, 2.75) is 269 Å². The van der Waals surface area contributed by atoms with Gasteiger partial charge in [-0.2, -0.15) is 0 Å². The maximum atomic E-state index is 13.0. The minimum Gasteiger partial charge on any atom is -0.394 e. The number of aliphatic hydroxyl groups excluding tert-OH is 5. The van der Waals surface area contributed by atoms with E-state index in [2.05, 4.69) is 31.3 Å². The molecule has 1 saturated heterocycles. The number of aliphatic hydroxyl groups is 5. The zero-order chi connectivity index (χ0) is 42.3. The third-order valence-electron chi connectivity index (χ3n) is 11.8. The summed E-state index contributed by atoms with van der Waals surface area (Å²) in [6, 6.07) is -0.816. The van der Waals surface area contributed by atoms with Gasteiger partial charge in [-0.1, -0.05) is 212 Å². The Morgan fingerprint density at radius 1 is 0.569 bits per heavy atom. The Hall–Kier alpha value is -1.33. The van der Waals surface area contributed by atoms with Gasteiger partial charge in [-0.15, -0.1) is 0 Å². The number of hydrogen-bond donors (Lipinski definition) is 6. The molecular weight excluding hydrogens is 731 g/mol. The standard InChI is InChI=1S/C49H93NO8/c1-3-5-7-9-11-13-15-17-19-20-21-22-23-24-25-27-29-31-33-35-37-39-45(53)50-42(41-57-49-48(56)47(55)46(54)44(40-51)58-49)43(52)38-36-34-32-30-28-26-18-16-14-12-10-8-6-4-2/h28,30,36,38,42-44,46-49,51-52,54-56H,3-27,29,31-35,37,39-41H2,1-2H3,(H,50,53)/b30-28+,38-36+. The maximum Gasteiger partial charge on any atom is 0.220 e. The maximum absolute atomic E-state index is 13.0. The van der Waals surface area contributed by atoms with Gasteiger partial charge in [-0.3, -0.25) is 4.79 Å². The molecule has 58 heavy (non-hydrogen) atoms. The van der Waals surface area contributed by atoms with Crippen LogP contribution in [-0.4, -0.2) is 87.5 Å². The lowest BCUT2D eigenvalue weighted by molar-refractivity contribution is -0.302. The van der Waals surface area contributed by atoms with Crippen LogP contribution in [0.4, 0.5) is 0 Å². The van der Waals surface area contributed by atoms with E-state index in [1.54, 1.807) is 6.08 Å². The van der Waals surface area contributed by atoms with Gasteiger partial charge in [-0.05, 0) is 32.1 Å². The van der Waals surface area contributed by atoms with Gasteiger partial charge in [0.15, 0.2) is 6.29 Å². The van der Waals surface area contributed by atoms with Crippen molar-refractivity contribution in [2.75, 3.05) is 13.2 Å². The van der Waals surface area contributed by atoms with E-state index in [1.807, 2.05) is 6.08 Å². The monoisotopic (exact) mass is 824 g/mol. The summed E-state index contributed by atoms with van der Waals surface area (Å²) in [4.78, 5) is 13.0. The van der Waals surface area contributed by atoms with E-state index in [1.165, 1.54) is 167 Å². The molecular formula is C49H93NO8. The SMILES string of the molecule is CCCCCCCCCC/C=C/CC/C=C/C(O)C(COC1OC(CO)C(O)C(O)C1O)NC(=O)CCCCCCCCCCCCCCCCCCCCCCC. The zero-order valence-corrected chi connectivity index (χ0v) is 37.6. The fraction of sp³-hybridized carbons (Fsp3) is 0.898. The van der Waals surface area contributed by atoms with E-state index >= 15 is 0 Å². The van der Waals surface area contributed by atoms with Crippen LogP contribution in [0.1, 0.15) is 226 Å². The van der Waals surface area contributed by atoms with E-state index in [0.29, 0.717) is 6.42 Å². The lowest BCUT2D eigenvalue weighted by Gasteiger charge is -2.40. The quantitative estimate of drug-likeness (QED) is 0.0264. The molecule has 0 aromatic rings. The first-order valence-corrected chi connectivity index (χ1v) is 24.6. The molecule has 9 nitrogen and oxygen atoms in total. The molecule has 7 atom stereocenters. The molecule has 1 aliphatic heterocycles. The minimum atomic E-state index is -1.57. The van der Waals surface area contributed by atoms with Crippen LogP contribution >= 0.6 is 0 Å². The van der Waals surface area contributed by atoms with Gasteiger partial charge in [0.1, 0.15) is 24.4 Å². The van der Waals surface area contributed by atoms with Gasteiger partial charge in [0.25, 0.3) is 0 Å². The van der Waals surface area contributed by atoms with E-state index < -0.39 is 49.5 Å². The highest BCUT2D eigenvalue weighted by molar-refractivity contribution is 5.76. The summed E-state index contributed by atoms with van der Waals surface area (Å²) in [6.45, 7) is 3.76. The molecule has 0 aromatic carbocycles. The first kappa shape index (κ1) is 54.7. The number of nitrogens with one attached hydrogen (secondary N) is 1. The Morgan fingerprint density at radius 2 is 0.983 bits per heavy atom. The predicted octanol–water partition coefficient (Wildman–Crippen LogP) is 10.7. The van der Waals surface area contributed by atoms with Crippen molar-refractivity contribution in [3.8, 4) is 0 Å². The molecule has 1 fully saturated rings. The van der Waals surface area contributed by atoms with Gasteiger partial charge >= 0.3 is 0 Å². The minimum absolute atomic E-state index is 0.184. The number of carbonyl (C=O) groups excluding carboxylic acids is 1. The highest BCUT2D eigenvalue weighted by Gasteiger charge is 2.44. The summed E-state index contributed by atoms with van der Waals surface area (Å²) in [5.74, 6) is -0.184. The van der Waals surface area contributed by atoms with E-state index in [9.17, 15) is 30.3 Å².